The molecule has 0 unspecified atom stereocenters. The van der Waals surface area contributed by atoms with Crippen LogP contribution >= 0.6 is 0 Å². The summed E-state index contributed by atoms with van der Waals surface area (Å²) >= 11 is 0. The molecule has 0 saturated carbocycles. The third-order valence-corrected chi connectivity index (χ3v) is 5.38. The van der Waals surface area contributed by atoms with Gasteiger partial charge in [-0.3, -0.25) is 9.59 Å². The molecular formula is C20H24N2O6. The molecule has 28 heavy (non-hydrogen) atoms. The molecule has 2 aromatic rings. The highest BCUT2D eigenvalue weighted by Gasteiger charge is 2.27. The molecule has 8 heteroatoms. The van der Waals surface area contributed by atoms with Gasteiger partial charge < -0.3 is 24.5 Å². The summed E-state index contributed by atoms with van der Waals surface area (Å²) < 4.78 is 16.1. The normalized spacial score (nSPS) is 14.9. The Morgan fingerprint density at radius 3 is 2.46 bits per heavy atom. The van der Waals surface area contributed by atoms with Crippen LogP contribution in [0.25, 0.3) is 11.0 Å². The molecule has 1 fully saturated rings. The van der Waals surface area contributed by atoms with E-state index in [1.165, 1.54) is 14.2 Å². The van der Waals surface area contributed by atoms with Crippen LogP contribution in [0.15, 0.2) is 21.3 Å². The van der Waals surface area contributed by atoms with E-state index in [0.717, 1.165) is 0 Å². The predicted octanol–water partition coefficient (Wildman–Crippen LogP) is 1.39. The van der Waals surface area contributed by atoms with Gasteiger partial charge in [-0.25, -0.2) is 4.79 Å². The van der Waals surface area contributed by atoms with E-state index in [4.69, 9.17) is 19.6 Å². The number of piperidine rings is 1. The Morgan fingerprint density at radius 2 is 1.89 bits per heavy atom. The Morgan fingerprint density at radius 1 is 1.21 bits per heavy atom. The highest BCUT2D eigenvalue weighted by molar-refractivity contribution is 5.90. The second kappa shape index (κ2) is 7.92. The molecule has 1 saturated heterocycles. The fraction of sp³-hybridized carbons (Fsp3) is 0.450. The van der Waals surface area contributed by atoms with Crippen LogP contribution in [0.5, 0.6) is 11.5 Å². The van der Waals surface area contributed by atoms with Crippen molar-refractivity contribution in [3.8, 4) is 11.5 Å². The average molecular weight is 388 g/mol. The van der Waals surface area contributed by atoms with Crippen molar-refractivity contribution in [3.05, 3.63) is 33.7 Å². The van der Waals surface area contributed by atoms with E-state index in [2.05, 4.69) is 0 Å². The molecule has 1 aromatic carbocycles. The summed E-state index contributed by atoms with van der Waals surface area (Å²) in [4.78, 5) is 38.2. The predicted molar refractivity (Wildman–Crippen MR) is 103 cm³/mol. The minimum atomic E-state index is -0.572. The monoisotopic (exact) mass is 388 g/mol. The fourth-order valence-corrected chi connectivity index (χ4v) is 3.65. The van der Waals surface area contributed by atoms with Gasteiger partial charge in [0, 0.05) is 24.4 Å². The molecule has 8 nitrogen and oxygen atoms in total. The molecule has 3 rings (SSSR count). The van der Waals surface area contributed by atoms with Crippen molar-refractivity contribution in [1.29, 1.82) is 0 Å². The maximum atomic E-state index is 12.7. The summed E-state index contributed by atoms with van der Waals surface area (Å²) in [7, 11) is 2.98. The third-order valence-electron chi connectivity index (χ3n) is 5.38. The molecule has 0 aliphatic carbocycles. The molecule has 0 bridgehead atoms. The van der Waals surface area contributed by atoms with Crippen LogP contribution in [-0.4, -0.2) is 44.0 Å². The van der Waals surface area contributed by atoms with Crippen molar-refractivity contribution in [2.24, 2.45) is 11.7 Å². The molecular weight excluding hydrogens is 364 g/mol. The van der Waals surface area contributed by atoms with Crippen LogP contribution < -0.4 is 20.8 Å². The maximum absolute atomic E-state index is 12.7. The number of hydrogen-bond donors (Lipinski definition) is 1. The zero-order valence-corrected chi connectivity index (χ0v) is 16.2. The van der Waals surface area contributed by atoms with Gasteiger partial charge in [0.2, 0.25) is 17.6 Å². The fourth-order valence-electron chi connectivity index (χ4n) is 3.65. The van der Waals surface area contributed by atoms with E-state index in [-0.39, 0.29) is 24.2 Å². The van der Waals surface area contributed by atoms with Gasteiger partial charge in [0.05, 0.1) is 26.2 Å². The van der Waals surface area contributed by atoms with Crippen LogP contribution in [-0.2, 0) is 16.0 Å². The first-order chi connectivity index (χ1) is 13.4. The van der Waals surface area contributed by atoms with Crippen molar-refractivity contribution >= 4 is 22.8 Å². The van der Waals surface area contributed by atoms with Crippen molar-refractivity contribution in [3.63, 3.8) is 0 Å². The number of hydrogen-bond acceptors (Lipinski definition) is 6. The molecule has 2 N–H and O–H groups in total. The molecule has 2 amide bonds. The van der Waals surface area contributed by atoms with Crippen LogP contribution in [0, 0.1) is 12.8 Å². The number of benzene rings is 1. The SMILES string of the molecule is COc1ccc2c(C)c(CC(=O)N3CCC(C(N)=O)CC3)c(=O)oc2c1OC. The number of aryl methyl sites for hydroxylation is 1. The Kier molecular flexibility index (Phi) is 5.58. The van der Waals surface area contributed by atoms with Gasteiger partial charge in [-0.05, 0) is 37.5 Å². The van der Waals surface area contributed by atoms with Crippen molar-refractivity contribution < 1.29 is 23.5 Å². The van der Waals surface area contributed by atoms with Crippen LogP contribution in [0.2, 0.25) is 0 Å². The summed E-state index contributed by atoms with van der Waals surface area (Å²) in [5.41, 5.74) is 6.05. The minimum absolute atomic E-state index is 0.0559. The number of primary amides is 1. The van der Waals surface area contributed by atoms with Gasteiger partial charge in [-0.2, -0.15) is 0 Å². The largest absolute Gasteiger partial charge is 0.493 e. The number of likely N-dealkylation sites (tertiary alicyclic amines) is 1. The molecule has 0 radical (unpaired) electrons. The topological polar surface area (TPSA) is 112 Å². The van der Waals surface area contributed by atoms with Crippen LogP contribution in [0.3, 0.4) is 0 Å². The number of rotatable bonds is 5. The molecule has 1 aliphatic rings. The highest BCUT2D eigenvalue weighted by Crippen LogP contribution is 2.36. The lowest BCUT2D eigenvalue weighted by Gasteiger charge is -2.30. The number of fused-ring (bicyclic) bond motifs is 1. The molecule has 2 heterocycles. The highest BCUT2D eigenvalue weighted by atomic mass is 16.5. The number of nitrogens with zero attached hydrogens (tertiary/aromatic N) is 1. The zero-order chi connectivity index (χ0) is 20.4. The van der Waals surface area contributed by atoms with E-state index in [0.29, 0.717) is 59.5 Å². The Hall–Kier alpha value is -3.03. The lowest BCUT2D eigenvalue weighted by Crippen LogP contribution is -2.42. The number of ether oxygens (including phenoxy) is 2. The molecule has 150 valence electrons. The van der Waals surface area contributed by atoms with E-state index in [1.54, 1.807) is 24.0 Å². The van der Waals surface area contributed by atoms with Gasteiger partial charge in [0.1, 0.15) is 0 Å². The number of carbonyl (C=O) groups excluding carboxylic acids is 2. The lowest BCUT2D eigenvalue weighted by molar-refractivity contribution is -0.134. The van der Waals surface area contributed by atoms with Crippen LogP contribution in [0.1, 0.15) is 24.0 Å². The second-order valence-electron chi connectivity index (χ2n) is 6.91. The smallest absolute Gasteiger partial charge is 0.340 e. The quantitative estimate of drug-likeness (QED) is 0.775. The summed E-state index contributed by atoms with van der Waals surface area (Å²) in [5, 5.41) is 0.687. The summed E-state index contributed by atoms with van der Waals surface area (Å²) in [6.45, 7) is 2.69. The first kappa shape index (κ1) is 19.7. The first-order valence-corrected chi connectivity index (χ1v) is 9.11. The number of carbonyl (C=O) groups is 2. The zero-order valence-electron chi connectivity index (χ0n) is 16.2. The second-order valence-corrected chi connectivity index (χ2v) is 6.91. The number of methoxy groups -OCH3 is 2. The van der Waals surface area contributed by atoms with Crippen molar-refractivity contribution in [2.45, 2.75) is 26.2 Å². The molecule has 1 aromatic heterocycles. The van der Waals surface area contributed by atoms with E-state index >= 15 is 0 Å². The van der Waals surface area contributed by atoms with E-state index in [1.807, 2.05) is 0 Å². The molecule has 0 spiro atoms. The lowest BCUT2D eigenvalue weighted by atomic mass is 9.95. The Balaban J connectivity index is 1.89. The Labute approximate surface area is 162 Å². The number of amides is 2. The third kappa shape index (κ3) is 3.54. The summed E-state index contributed by atoms with van der Waals surface area (Å²) in [6.07, 6.45) is 1.03. The number of nitrogens with two attached hydrogens (primary N) is 1. The van der Waals surface area contributed by atoms with E-state index in [9.17, 15) is 14.4 Å². The van der Waals surface area contributed by atoms with Gasteiger partial charge in [-0.15, -0.1) is 0 Å². The standard InChI is InChI=1S/C20H24N2O6/c1-11-13-4-5-15(26-2)18(27-3)17(13)28-20(25)14(11)10-16(23)22-8-6-12(7-9-22)19(21)24/h4-5,12H,6-10H2,1-3H3,(H2,21,24). The minimum Gasteiger partial charge on any atom is -0.493 e. The molecule has 1 aliphatic heterocycles. The molecule has 0 atom stereocenters. The van der Waals surface area contributed by atoms with Crippen molar-refractivity contribution in [1.82, 2.24) is 4.90 Å². The Bertz CT molecular complexity index is 973. The first-order valence-electron chi connectivity index (χ1n) is 9.11. The van der Waals surface area contributed by atoms with E-state index < -0.39 is 5.63 Å². The average Bonchev–Trinajstić information content (AvgIpc) is 2.70. The van der Waals surface area contributed by atoms with Crippen molar-refractivity contribution in [2.75, 3.05) is 27.3 Å². The summed E-state index contributed by atoms with van der Waals surface area (Å²) in [5.74, 6) is 0.102. The maximum Gasteiger partial charge on any atom is 0.340 e. The van der Waals surface area contributed by atoms with Gasteiger partial charge in [0.15, 0.2) is 11.3 Å². The van der Waals surface area contributed by atoms with Gasteiger partial charge >= 0.3 is 5.63 Å². The summed E-state index contributed by atoms with van der Waals surface area (Å²) in [6, 6.07) is 3.51. The van der Waals surface area contributed by atoms with Crippen LogP contribution in [0.4, 0.5) is 0 Å². The van der Waals surface area contributed by atoms with Gasteiger partial charge in [0.25, 0.3) is 0 Å². The van der Waals surface area contributed by atoms with Gasteiger partial charge in [-0.1, -0.05) is 0 Å².